The van der Waals surface area contributed by atoms with Crippen LogP contribution in [0, 0.1) is 5.41 Å². The highest BCUT2D eigenvalue weighted by Gasteiger charge is 2.41. The van der Waals surface area contributed by atoms with Crippen LogP contribution < -0.4 is 0 Å². The Morgan fingerprint density at radius 2 is 1.83 bits per heavy atom. The van der Waals surface area contributed by atoms with Gasteiger partial charge in [0.05, 0.1) is 5.41 Å². The van der Waals surface area contributed by atoms with E-state index in [2.05, 4.69) is 0 Å². The molecule has 0 N–H and O–H groups in total. The molecule has 1 saturated carbocycles. The topological polar surface area (TPSA) is 34.1 Å². The van der Waals surface area contributed by atoms with E-state index < -0.39 is 5.41 Å². The molecule has 2 nitrogen and oxygen atoms in total. The Hall–Kier alpha value is -0.310. The molecular weight excluding hydrogens is 172 g/mol. The van der Waals surface area contributed by atoms with Crippen molar-refractivity contribution in [2.45, 2.75) is 26.2 Å². The van der Waals surface area contributed by atoms with Crippen LogP contribution in [-0.2, 0) is 9.59 Å². The zero-order valence-corrected chi connectivity index (χ0v) is 8.37. The number of carbonyl (C=O) groups excluding carboxylic acids is 2. The average molecular weight is 186 g/mol. The monoisotopic (exact) mass is 186 g/mol. The summed E-state index contributed by atoms with van der Waals surface area (Å²) in [5, 5.41) is 0. The molecular formula is C9H14O2S. The van der Waals surface area contributed by atoms with Gasteiger partial charge in [-0.1, -0.05) is 0 Å². The highest BCUT2D eigenvalue weighted by Crippen LogP contribution is 2.32. The van der Waals surface area contributed by atoms with Gasteiger partial charge in [-0.25, -0.2) is 0 Å². The SMILES string of the molecule is CSCC1(C)C(=O)CCCC1=O. The fourth-order valence-electron chi connectivity index (χ4n) is 1.57. The van der Waals surface area contributed by atoms with Crippen LogP contribution in [0.1, 0.15) is 26.2 Å². The molecule has 0 unspecified atom stereocenters. The standard InChI is InChI=1S/C9H14O2S/c1-9(6-12-2)7(10)4-3-5-8(9)11/h3-6H2,1-2H3. The Balaban J connectivity index is 2.80. The zero-order valence-electron chi connectivity index (χ0n) is 7.55. The molecule has 1 rings (SSSR count). The van der Waals surface area contributed by atoms with Gasteiger partial charge in [-0.2, -0.15) is 11.8 Å². The minimum Gasteiger partial charge on any atom is -0.299 e. The van der Waals surface area contributed by atoms with Gasteiger partial charge in [0.15, 0.2) is 0 Å². The van der Waals surface area contributed by atoms with Crippen LogP contribution in [0.2, 0.25) is 0 Å². The molecule has 0 spiro atoms. The summed E-state index contributed by atoms with van der Waals surface area (Å²) >= 11 is 1.57. The molecule has 0 saturated heterocycles. The van der Waals surface area contributed by atoms with Gasteiger partial charge in [0.2, 0.25) is 0 Å². The number of Topliss-reactive ketones (excluding diaryl/α,β-unsaturated/α-hetero) is 2. The van der Waals surface area contributed by atoms with Crippen LogP contribution in [0.15, 0.2) is 0 Å². The van der Waals surface area contributed by atoms with Crippen molar-refractivity contribution in [2.24, 2.45) is 5.41 Å². The first-order valence-electron chi connectivity index (χ1n) is 4.17. The minimum absolute atomic E-state index is 0.133. The van der Waals surface area contributed by atoms with E-state index in [1.807, 2.05) is 6.26 Å². The highest BCUT2D eigenvalue weighted by atomic mass is 32.2. The summed E-state index contributed by atoms with van der Waals surface area (Å²) in [6.45, 7) is 1.79. The molecule has 0 bridgehead atoms. The quantitative estimate of drug-likeness (QED) is 0.615. The Kier molecular flexibility index (Phi) is 2.94. The lowest BCUT2D eigenvalue weighted by Crippen LogP contribution is -2.41. The van der Waals surface area contributed by atoms with E-state index in [4.69, 9.17) is 0 Å². The third-order valence-corrected chi connectivity index (χ3v) is 3.34. The number of thioether (sulfide) groups is 1. The van der Waals surface area contributed by atoms with Gasteiger partial charge in [0.1, 0.15) is 11.6 Å². The van der Waals surface area contributed by atoms with E-state index >= 15 is 0 Å². The van der Waals surface area contributed by atoms with Crippen LogP contribution in [0.25, 0.3) is 0 Å². The van der Waals surface area contributed by atoms with Crippen molar-refractivity contribution in [3.8, 4) is 0 Å². The van der Waals surface area contributed by atoms with Crippen LogP contribution in [-0.4, -0.2) is 23.6 Å². The fraction of sp³-hybridized carbons (Fsp3) is 0.778. The van der Waals surface area contributed by atoms with Crippen molar-refractivity contribution >= 4 is 23.3 Å². The van der Waals surface area contributed by atoms with Gasteiger partial charge in [-0.05, 0) is 19.6 Å². The van der Waals surface area contributed by atoms with Crippen LogP contribution >= 0.6 is 11.8 Å². The summed E-state index contributed by atoms with van der Waals surface area (Å²) in [4.78, 5) is 23.0. The molecule has 1 fully saturated rings. The first-order chi connectivity index (χ1) is 5.61. The number of rotatable bonds is 2. The van der Waals surface area contributed by atoms with Crippen molar-refractivity contribution in [1.82, 2.24) is 0 Å². The Bertz CT molecular complexity index is 195. The maximum atomic E-state index is 11.5. The summed E-state index contributed by atoms with van der Waals surface area (Å²) < 4.78 is 0. The lowest BCUT2D eigenvalue weighted by molar-refractivity contribution is -0.141. The van der Waals surface area contributed by atoms with Gasteiger partial charge >= 0.3 is 0 Å². The summed E-state index contributed by atoms with van der Waals surface area (Å²) in [7, 11) is 0. The molecule has 1 aliphatic carbocycles. The highest BCUT2D eigenvalue weighted by molar-refractivity contribution is 7.98. The molecule has 0 radical (unpaired) electrons. The van der Waals surface area contributed by atoms with E-state index in [1.54, 1.807) is 18.7 Å². The Morgan fingerprint density at radius 1 is 1.33 bits per heavy atom. The smallest absolute Gasteiger partial charge is 0.146 e. The molecule has 12 heavy (non-hydrogen) atoms. The molecule has 0 aromatic rings. The zero-order chi connectivity index (χ0) is 9.19. The molecule has 0 amide bonds. The van der Waals surface area contributed by atoms with E-state index in [9.17, 15) is 9.59 Å². The van der Waals surface area contributed by atoms with E-state index in [0.29, 0.717) is 18.6 Å². The van der Waals surface area contributed by atoms with Gasteiger partial charge in [-0.3, -0.25) is 9.59 Å². The number of ketones is 2. The minimum atomic E-state index is -0.669. The first kappa shape index (κ1) is 9.78. The van der Waals surface area contributed by atoms with Gasteiger partial charge in [0.25, 0.3) is 0 Å². The normalized spacial score (nSPS) is 22.8. The first-order valence-corrected chi connectivity index (χ1v) is 5.56. The van der Waals surface area contributed by atoms with Gasteiger partial charge in [0, 0.05) is 18.6 Å². The Morgan fingerprint density at radius 3 is 2.25 bits per heavy atom. The fourth-order valence-corrected chi connectivity index (χ4v) is 2.47. The second-order valence-electron chi connectivity index (χ2n) is 3.47. The van der Waals surface area contributed by atoms with Crippen molar-refractivity contribution in [1.29, 1.82) is 0 Å². The van der Waals surface area contributed by atoms with Gasteiger partial charge in [-0.15, -0.1) is 0 Å². The lowest BCUT2D eigenvalue weighted by atomic mass is 9.75. The predicted molar refractivity (Wildman–Crippen MR) is 50.4 cm³/mol. The summed E-state index contributed by atoms with van der Waals surface area (Å²) in [5.74, 6) is 0.909. The number of hydrogen-bond donors (Lipinski definition) is 0. The summed E-state index contributed by atoms with van der Waals surface area (Å²) in [5.41, 5.74) is -0.669. The molecule has 0 atom stereocenters. The van der Waals surface area contributed by atoms with Crippen molar-refractivity contribution in [3.63, 3.8) is 0 Å². The average Bonchev–Trinajstić information content (AvgIpc) is 2.02. The largest absolute Gasteiger partial charge is 0.299 e. The van der Waals surface area contributed by atoms with Crippen molar-refractivity contribution in [3.05, 3.63) is 0 Å². The molecule has 0 aliphatic heterocycles. The van der Waals surface area contributed by atoms with Crippen LogP contribution in [0.4, 0.5) is 0 Å². The maximum Gasteiger partial charge on any atom is 0.146 e. The maximum absolute atomic E-state index is 11.5. The van der Waals surface area contributed by atoms with Crippen LogP contribution in [0.3, 0.4) is 0 Å². The molecule has 68 valence electrons. The third kappa shape index (κ3) is 1.56. The summed E-state index contributed by atoms with van der Waals surface area (Å²) in [6.07, 6.45) is 3.85. The molecule has 0 aromatic carbocycles. The van der Waals surface area contributed by atoms with Crippen molar-refractivity contribution in [2.75, 3.05) is 12.0 Å². The van der Waals surface area contributed by atoms with Crippen molar-refractivity contribution < 1.29 is 9.59 Å². The number of hydrogen-bond acceptors (Lipinski definition) is 3. The second kappa shape index (κ2) is 3.60. The molecule has 0 aromatic heterocycles. The second-order valence-corrected chi connectivity index (χ2v) is 4.33. The third-order valence-electron chi connectivity index (χ3n) is 2.47. The summed E-state index contributed by atoms with van der Waals surface area (Å²) in [6, 6.07) is 0. The molecule has 1 aliphatic rings. The predicted octanol–water partition coefficient (Wildman–Crippen LogP) is 1.68. The lowest BCUT2D eigenvalue weighted by Gasteiger charge is -2.29. The molecule has 0 heterocycles. The van der Waals surface area contributed by atoms with E-state index in [0.717, 1.165) is 6.42 Å². The van der Waals surface area contributed by atoms with E-state index in [-0.39, 0.29) is 11.6 Å². The van der Waals surface area contributed by atoms with E-state index in [1.165, 1.54) is 0 Å². The van der Waals surface area contributed by atoms with Gasteiger partial charge < -0.3 is 0 Å². The molecule has 3 heteroatoms. The van der Waals surface area contributed by atoms with Crippen LogP contribution in [0.5, 0.6) is 0 Å². The Labute approximate surface area is 77.1 Å². The number of carbonyl (C=O) groups is 2.